The minimum absolute atomic E-state index is 0.123. The second-order valence-corrected chi connectivity index (χ2v) is 5.10. The average Bonchev–Trinajstić information content (AvgIpc) is 2.91. The number of epoxide rings is 1. The van der Waals surface area contributed by atoms with Crippen molar-refractivity contribution in [1.82, 2.24) is 0 Å². The molecule has 1 heterocycles. The smallest absolute Gasteiger partial charge is 0.155 e. The summed E-state index contributed by atoms with van der Waals surface area (Å²) >= 11 is 0. The number of carbonyl (C=O) groups excluding carboxylic acids is 1. The van der Waals surface area contributed by atoms with Crippen molar-refractivity contribution in [3.8, 4) is 0 Å². The van der Waals surface area contributed by atoms with Crippen molar-refractivity contribution in [2.45, 2.75) is 44.6 Å². The van der Waals surface area contributed by atoms with Crippen molar-refractivity contribution >= 4 is 5.78 Å². The van der Waals surface area contributed by atoms with E-state index < -0.39 is 0 Å². The van der Waals surface area contributed by atoms with Crippen molar-refractivity contribution < 1.29 is 9.53 Å². The maximum atomic E-state index is 11.4. The van der Waals surface area contributed by atoms with Crippen LogP contribution in [0.15, 0.2) is 11.6 Å². The largest absolute Gasteiger partial charge is 0.369 e. The summed E-state index contributed by atoms with van der Waals surface area (Å²) in [5.41, 5.74) is 1.66. The zero-order chi connectivity index (χ0) is 9.81. The highest BCUT2D eigenvalue weighted by Crippen LogP contribution is 2.59. The first kappa shape index (κ1) is 8.66. The third-order valence-electron chi connectivity index (χ3n) is 4.44. The van der Waals surface area contributed by atoms with E-state index in [-0.39, 0.29) is 11.0 Å². The molecular weight excluding hydrogens is 176 g/mol. The predicted molar refractivity (Wildman–Crippen MR) is 53.0 cm³/mol. The van der Waals surface area contributed by atoms with Gasteiger partial charge in [0.15, 0.2) is 5.78 Å². The molecule has 14 heavy (non-hydrogen) atoms. The minimum Gasteiger partial charge on any atom is -0.369 e. The lowest BCUT2D eigenvalue weighted by molar-refractivity contribution is -0.116. The first-order valence-corrected chi connectivity index (χ1v) is 5.54. The molecule has 0 radical (unpaired) electrons. The molecule has 0 aromatic rings. The third kappa shape index (κ3) is 0.924. The van der Waals surface area contributed by atoms with Gasteiger partial charge in [-0.3, -0.25) is 4.79 Å². The molecule has 0 amide bonds. The van der Waals surface area contributed by atoms with Crippen LogP contribution in [0, 0.1) is 5.41 Å². The van der Waals surface area contributed by atoms with Crippen LogP contribution < -0.4 is 0 Å². The fraction of sp³-hybridized carbons (Fsp3) is 0.750. The van der Waals surface area contributed by atoms with Gasteiger partial charge in [-0.1, -0.05) is 12.5 Å². The molecule has 2 fully saturated rings. The van der Waals surface area contributed by atoms with Gasteiger partial charge in [-0.15, -0.1) is 0 Å². The normalized spacial score (nSPS) is 46.1. The Morgan fingerprint density at radius 3 is 2.86 bits per heavy atom. The highest BCUT2D eigenvalue weighted by molar-refractivity contribution is 5.91. The number of ketones is 1. The lowest BCUT2D eigenvalue weighted by atomic mass is 9.60. The van der Waals surface area contributed by atoms with E-state index in [1.54, 1.807) is 0 Å². The molecule has 0 bridgehead atoms. The van der Waals surface area contributed by atoms with Crippen molar-refractivity contribution in [3.63, 3.8) is 0 Å². The molecule has 3 aliphatic rings. The van der Waals surface area contributed by atoms with Crippen molar-refractivity contribution in [2.75, 3.05) is 6.61 Å². The Morgan fingerprint density at radius 1 is 1.36 bits per heavy atom. The summed E-state index contributed by atoms with van der Waals surface area (Å²) < 4.78 is 5.69. The second-order valence-electron chi connectivity index (χ2n) is 5.10. The van der Waals surface area contributed by atoms with Gasteiger partial charge in [-0.25, -0.2) is 0 Å². The monoisotopic (exact) mass is 192 g/mol. The van der Waals surface area contributed by atoms with Gasteiger partial charge in [0.1, 0.15) is 5.60 Å². The fourth-order valence-corrected chi connectivity index (χ4v) is 3.22. The molecule has 2 atom stereocenters. The molecule has 0 aromatic carbocycles. The Kier molecular flexibility index (Phi) is 1.54. The number of ether oxygens (including phenoxy) is 1. The molecule has 0 aromatic heterocycles. The predicted octanol–water partition coefficient (Wildman–Crippen LogP) is 2.23. The van der Waals surface area contributed by atoms with E-state index in [0.717, 1.165) is 19.4 Å². The topological polar surface area (TPSA) is 29.6 Å². The number of allylic oxidation sites excluding steroid dienone is 1. The van der Waals surface area contributed by atoms with Crippen molar-refractivity contribution in [3.05, 3.63) is 11.6 Å². The van der Waals surface area contributed by atoms with Gasteiger partial charge < -0.3 is 4.74 Å². The van der Waals surface area contributed by atoms with Crippen LogP contribution in [0.25, 0.3) is 0 Å². The van der Waals surface area contributed by atoms with Crippen LogP contribution in [-0.4, -0.2) is 18.0 Å². The lowest BCUT2D eigenvalue weighted by Gasteiger charge is -2.44. The van der Waals surface area contributed by atoms with E-state index >= 15 is 0 Å². The number of rotatable bonds is 0. The Hall–Kier alpha value is -0.630. The lowest BCUT2D eigenvalue weighted by Crippen LogP contribution is -2.43. The van der Waals surface area contributed by atoms with Crippen LogP contribution in [0.2, 0.25) is 0 Å². The van der Waals surface area contributed by atoms with E-state index in [2.05, 4.69) is 6.92 Å². The van der Waals surface area contributed by atoms with E-state index in [0.29, 0.717) is 12.2 Å². The number of fused-ring (bicyclic) bond motifs is 2. The summed E-state index contributed by atoms with van der Waals surface area (Å²) in [6, 6.07) is 0. The molecule has 1 unspecified atom stereocenters. The number of hydrogen-bond acceptors (Lipinski definition) is 2. The molecular formula is C12H16O2. The maximum Gasteiger partial charge on any atom is 0.155 e. The zero-order valence-corrected chi connectivity index (χ0v) is 8.64. The molecule has 1 aliphatic heterocycles. The minimum atomic E-state index is 0.123. The average molecular weight is 192 g/mol. The second kappa shape index (κ2) is 2.48. The molecule has 1 saturated carbocycles. The molecule has 0 N–H and O–H groups in total. The van der Waals surface area contributed by atoms with Crippen LogP contribution >= 0.6 is 0 Å². The molecule has 76 valence electrons. The van der Waals surface area contributed by atoms with E-state index in [4.69, 9.17) is 4.74 Å². The van der Waals surface area contributed by atoms with Crippen LogP contribution in [0.4, 0.5) is 0 Å². The first-order valence-electron chi connectivity index (χ1n) is 5.54. The Labute approximate surface area is 84.3 Å². The van der Waals surface area contributed by atoms with Crippen molar-refractivity contribution in [1.29, 1.82) is 0 Å². The van der Waals surface area contributed by atoms with Crippen LogP contribution in [-0.2, 0) is 9.53 Å². The Balaban J connectivity index is 2.04. The van der Waals surface area contributed by atoms with Gasteiger partial charge in [0, 0.05) is 11.8 Å². The maximum absolute atomic E-state index is 11.4. The highest BCUT2D eigenvalue weighted by atomic mass is 16.6. The standard InChI is InChI=1S/C12H16O2/c1-11-6-4-10(13)7-9(11)3-2-5-12(11)8-14-12/h7H,2-6,8H2,1H3/t11-,12?/m0/s1. The van der Waals surface area contributed by atoms with Gasteiger partial charge in [0.05, 0.1) is 6.61 Å². The molecule has 1 saturated heterocycles. The summed E-state index contributed by atoms with van der Waals surface area (Å²) in [6.07, 6.45) is 7.09. The SMILES string of the molecule is C[C@]12CCC(=O)C=C1CCCC21CO1. The molecule has 2 nitrogen and oxygen atoms in total. The summed E-state index contributed by atoms with van der Waals surface area (Å²) in [5.74, 6) is 0.315. The molecule has 2 aliphatic carbocycles. The van der Waals surface area contributed by atoms with Gasteiger partial charge in [-0.05, 0) is 31.8 Å². The first-order chi connectivity index (χ1) is 6.66. The quantitative estimate of drug-likeness (QED) is 0.551. The number of hydrogen-bond donors (Lipinski definition) is 0. The van der Waals surface area contributed by atoms with E-state index in [1.165, 1.54) is 18.4 Å². The van der Waals surface area contributed by atoms with Gasteiger partial charge in [0.2, 0.25) is 0 Å². The van der Waals surface area contributed by atoms with Crippen molar-refractivity contribution in [2.24, 2.45) is 5.41 Å². The zero-order valence-electron chi connectivity index (χ0n) is 8.64. The summed E-state index contributed by atoms with van der Waals surface area (Å²) in [5, 5.41) is 0. The molecule has 3 rings (SSSR count). The Morgan fingerprint density at radius 2 is 2.14 bits per heavy atom. The van der Waals surface area contributed by atoms with Crippen LogP contribution in [0.1, 0.15) is 39.0 Å². The summed E-state index contributed by atoms with van der Waals surface area (Å²) in [6.45, 7) is 3.20. The van der Waals surface area contributed by atoms with Gasteiger partial charge in [0.25, 0.3) is 0 Å². The van der Waals surface area contributed by atoms with E-state index in [9.17, 15) is 4.79 Å². The van der Waals surface area contributed by atoms with Gasteiger partial charge in [-0.2, -0.15) is 0 Å². The Bertz CT molecular complexity index is 325. The molecule has 2 heteroatoms. The fourth-order valence-electron chi connectivity index (χ4n) is 3.22. The summed E-state index contributed by atoms with van der Waals surface area (Å²) in [4.78, 5) is 11.4. The number of carbonyl (C=O) groups is 1. The molecule has 1 spiro atoms. The van der Waals surface area contributed by atoms with Crippen LogP contribution in [0.5, 0.6) is 0 Å². The van der Waals surface area contributed by atoms with E-state index in [1.807, 2.05) is 6.08 Å². The van der Waals surface area contributed by atoms with Gasteiger partial charge >= 0.3 is 0 Å². The highest BCUT2D eigenvalue weighted by Gasteiger charge is 2.61. The summed E-state index contributed by atoms with van der Waals surface area (Å²) in [7, 11) is 0. The van der Waals surface area contributed by atoms with Crippen LogP contribution in [0.3, 0.4) is 0 Å². The third-order valence-corrected chi connectivity index (χ3v) is 4.44.